The van der Waals surface area contributed by atoms with Gasteiger partial charge in [-0.3, -0.25) is 4.79 Å². The van der Waals surface area contributed by atoms with Crippen LogP contribution in [0.15, 0.2) is 18.2 Å². The number of hydrogen-bond donors (Lipinski definition) is 4. The molecule has 21 heavy (non-hydrogen) atoms. The van der Waals surface area contributed by atoms with Gasteiger partial charge in [0.2, 0.25) is 0 Å². The number of amides is 2. The van der Waals surface area contributed by atoms with E-state index in [4.69, 9.17) is 26.6 Å². The molecule has 4 N–H and O–H groups in total. The lowest BCUT2D eigenvalue weighted by molar-refractivity contribution is -0.145. The Balaban J connectivity index is 2.72. The molecule has 1 rings (SSSR count). The molecule has 0 unspecified atom stereocenters. The van der Waals surface area contributed by atoms with Gasteiger partial charge in [-0.2, -0.15) is 0 Å². The largest absolute Gasteiger partial charge is 0.495 e. The maximum absolute atomic E-state index is 11.6. The number of rotatable bonds is 6. The van der Waals surface area contributed by atoms with Crippen LogP contribution < -0.4 is 15.4 Å². The molecule has 0 fully saturated rings. The SMILES string of the molecule is COc1cc(NC(=O)N[C@@H](CC(=O)O)C(=O)O)ccc1Cl. The van der Waals surface area contributed by atoms with Crippen LogP contribution in [0.3, 0.4) is 0 Å². The molecule has 0 aliphatic rings. The van der Waals surface area contributed by atoms with Gasteiger partial charge in [0.1, 0.15) is 11.8 Å². The van der Waals surface area contributed by atoms with Crippen LogP contribution in [0.2, 0.25) is 5.02 Å². The predicted octanol–water partition coefficient (Wildman–Crippen LogP) is 1.40. The van der Waals surface area contributed by atoms with E-state index in [9.17, 15) is 14.4 Å². The number of benzene rings is 1. The first-order valence-corrected chi connectivity index (χ1v) is 6.07. The Morgan fingerprint density at radius 2 is 2.00 bits per heavy atom. The lowest BCUT2D eigenvalue weighted by Gasteiger charge is -2.14. The van der Waals surface area contributed by atoms with E-state index < -0.39 is 30.4 Å². The Kier molecular flexibility index (Phi) is 5.79. The molecule has 0 aliphatic heterocycles. The van der Waals surface area contributed by atoms with E-state index in [1.807, 2.05) is 5.32 Å². The summed E-state index contributed by atoms with van der Waals surface area (Å²) in [4.78, 5) is 33.0. The molecule has 0 aliphatic carbocycles. The van der Waals surface area contributed by atoms with Crippen LogP contribution in [0.5, 0.6) is 5.75 Å². The monoisotopic (exact) mass is 316 g/mol. The van der Waals surface area contributed by atoms with Crippen molar-refractivity contribution in [2.24, 2.45) is 0 Å². The predicted molar refractivity (Wildman–Crippen MR) is 73.8 cm³/mol. The van der Waals surface area contributed by atoms with E-state index in [2.05, 4.69) is 5.32 Å². The smallest absolute Gasteiger partial charge is 0.326 e. The van der Waals surface area contributed by atoms with Gasteiger partial charge < -0.3 is 25.6 Å². The number of anilines is 1. The average molecular weight is 317 g/mol. The summed E-state index contributed by atoms with van der Waals surface area (Å²) < 4.78 is 4.96. The number of carbonyl (C=O) groups excluding carboxylic acids is 1. The minimum Gasteiger partial charge on any atom is -0.495 e. The molecule has 1 aromatic rings. The number of nitrogens with one attached hydrogen (secondary N) is 2. The van der Waals surface area contributed by atoms with Crippen molar-refractivity contribution in [3.8, 4) is 5.75 Å². The number of carbonyl (C=O) groups is 3. The van der Waals surface area contributed by atoms with Gasteiger partial charge >= 0.3 is 18.0 Å². The molecule has 0 radical (unpaired) electrons. The van der Waals surface area contributed by atoms with Crippen LogP contribution in [0.4, 0.5) is 10.5 Å². The summed E-state index contributed by atoms with van der Waals surface area (Å²) >= 11 is 5.82. The average Bonchev–Trinajstić information content (AvgIpc) is 2.39. The number of urea groups is 1. The van der Waals surface area contributed by atoms with Crippen molar-refractivity contribution in [2.75, 3.05) is 12.4 Å². The van der Waals surface area contributed by atoms with Crippen LogP contribution in [-0.2, 0) is 9.59 Å². The maximum atomic E-state index is 11.6. The maximum Gasteiger partial charge on any atom is 0.326 e. The normalized spacial score (nSPS) is 11.3. The quantitative estimate of drug-likeness (QED) is 0.628. The van der Waals surface area contributed by atoms with Crippen LogP contribution >= 0.6 is 11.6 Å². The molecule has 9 heteroatoms. The molecule has 1 atom stereocenters. The van der Waals surface area contributed by atoms with Crippen molar-refractivity contribution in [3.63, 3.8) is 0 Å². The molecule has 8 nitrogen and oxygen atoms in total. The molecule has 0 saturated heterocycles. The Morgan fingerprint density at radius 3 is 2.52 bits per heavy atom. The fraction of sp³-hybridized carbons (Fsp3) is 0.250. The van der Waals surface area contributed by atoms with Gasteiger partial charge in [-0.1, -0.05) is 11.6 Å². The highest BCUT2D eigenvalue weighted by atomic mass is 35.5. The first-order chi connectivity index (χ1) is 9.83. The Bertz CT molecular complexity index is 563. The van der Waals surface area contributed by atoms with Crippen molar-refractivity contribution in [3.05, 3.63) is 23.2 Å². The van der Waals surface area contributed by atoms with Gasteiger partial charge in [-0.15, -0.1) is 0 Å². The van der Waals surface area contributed by atoms with Crippen molar-refractivity contribution >= 4 is 35.3 Å². The minimum atomic E-state index is -1.53. The third kappa shape index (κ3) is 5.19. The van der Waals surface area contributed by atoms with Crippen molar-refractivity contribution < 1.29 is 29.3 Å². The fourth-order valence-electron chi connectivity index (χ4n) is 1.44. The standard InChI is InChI=1S/C12H13ClN2O6/c1-21-9-4-6(2-3-7(9)13)14-12(20)15-8(11(18)19)5-10(16)17/h2-4,8H,5H2,1H3,(H,16,17)(H,18,19)(H2,14,15,20)/t8-/m0/s1. The zero-order chi connectivity index (χ0) is 16.0. The van der Waals surface area contributed by atoms with Gasteiger partial charge in [-0.05, 0) is 12.1 Å². The van der Waals surface area contributed by atoms with Gasteiger partial charge in [0.25, 0.3) is 0 Å². The highest BCUT2D eigenvalue weighted by Gasteiger charge is 2.23. The number of ether oxygens (including phenoxy) is 1. The number of carboxylic acid groups (broad SMARTS) is 2. The minimum absolute atomic E-state index is 0.313. The molecule has 1 aromatic carbocycles. The zero-order valence-corrected chi connectivity index (χ0v) is 11.7. The molecular formula is C12H13ClN2O6. The van der Waals surface area contributed by atoms with Gasteiger partial charge in [0.15, 0.2) is 0 Å². The first kappa shape index (κ1) is 16.6. The van der Waals surface area contributed by atoms with Crippen LogP contribution in [0.1, 0.15) is 6.42 Å². The summed E-state index contributed by atoms with van der Waals surface area (Å²) in [5.74, 6) is -2.45. The number of halogens is 1. The van der Waals surface area contributed by atoms with E-state index in [1.54, 1.807) is 0 Å². The molecule has 0 heterocycles. The summed E-state index contributed by atoms with van der Waals surface area (Å²) in [5, 5.41) is 22.1. The lowest BCUT2D eigenvalue weighted by Crippen LogP contribution is -2.44. The number of methoxy groups -OCH3 is 1. The van der Waals surface area contributed by atoms with Crippen LogP contribution in [0, 0.1) is 0 Å². The second kappa shape index (κ2) is 7.34. The third-order valence-electron chi connectivity index (χ3n) is 2.39. The molecular weight excluding hydrogens is 304 g/mol. The molecule has 114 valence electrons. The van der Waals surface area contributed by atoms with E-state index in [0.717, 1.165) is 0 Å². The van der Waals surface area contributed by atoms with E-state index in [0.29, 0.717) is 16.5 Å². The second-order valence-electron chi connectivity index (χ2n) is 3.94. The topological polar surface area (TPSA) is 125 Å². The van der Waals surface area contributed by atoms with E-state index in [1.165, 1.54) is 25.3 Å². The van der Waals surface area contributed by atoms with Crippen molar-refractivity contribution in [1.29, 1.82) is 0 Å². The third-order valence-corrected chi connectivity index (χ3v) is 2.70. The molecule has 0 spiro atoms. The Hall–Kier alpha value is -2.48. The highest BCUT2D eigenvalue weighted by molar-refractivity contribution is 6.32. The molecule has 2 amide bonds. The first-order valence-electron chi connectivity index (χ1n) is 5.69. The fourth-order valence-corrected chi connectivity index (χ4v) is 1.63. The Morgan fingerprint density at radius 1 is 1.33 bits per heavy atom. The van der Waals surface area contributed by atoms with Crippen molar-refractivity contribution in [2.45, 2.75) is 12.5 Å². The molecule has 0 bridgehead atoms. The highest BCUT2D eigenvalue weighted by Crippen LogP contribution is 2.27. The summed E-state index contributed by atoms with van der Waals surface area (Å²) in [6, 6.07) is 2.03. The van der Waals surface area contributed by atoms with Crippen molar-refractivity contribution in [1.82, 2.24) is 5.32 Å². The molecule has 0 saturated carbocycles. The van der Waals surface area contributed by atoms with Crippen LogP contribution in [-0.4, -0.2) is 41.3 Å². The lowest BCUT2D eigenvalue weighted by atomic mass is 10.2. The Labute approximate surface area is 124 Å². The summed E-state index contributed by atoms with van der Waals surface area (Å²) in [6.07, 6.45) is -0.729. The van der Waals surface area contributed by atoms with Gasteiger partial charge in [0.05, 0.1) is 18.6 Å². The van der Waals surface area contributed by atoms with Crippen LogP contribution in [0.25, 0.3) is 0 Å². The number of aliphatic carboxylic acids is 2. The molecule has 0 aromatic heterocycles. The number of carboxylic acids is 2. The van der Waals surface area contributed by atoms with Gasteiger partial charge in [0, 0.05) is 11.8 Å². The zero-order valence-electron chi connectivity index (χ0n) is 10.9. The number of hydrogen-bond acceptors (Lipinski definition) is 4. The summed E-state index contributed by atoms with van der Waals surface area (Å²) in [6.45, 7) is 0. The summed E-state index contributed by atoms with van der Waals surface area (Å²) in [5.41, 5.74) is 0.313. The van der Waals surface area contributed by atoms with E-state index >= 15 is 0 Å². The van der Waals surface area contributed by atoms with Gasteiger partial charge in [-0.25, -0.2) is 9.59 Å². The second-order valence-corrected chi connectivity index (χ2v) is 4.34. The summed E-state index contributed by atoms with van der Waals surface area (Å²) in [7, 11) is 1.40. The van der Waals surface area contributed by atoms with E-state index in [-0.39, 0.29) is 0 Å².